The molecule has 1 saturated carbocycles. The highest BCUT2D eigenvalue weighted by Crippen LogP contribution is 2.28. The molecule has 2 aromatic rings. The second-order valence-corrected chi connectivity index (χ2v) is 5.86. The summed E-state index contributed by atoms with van der Waals surface area (Å²) in [7, 11) is 0. The molecule has 0 saturated heterocycles. The number of carboxylic acid groups (broad SMARTS) is 1. The van der Waals surface area contributed by atoms with Crippen LogP contribution in [0, 0.1) is 0 Å². The van der Waals surface area contributed by atoms with Gasteiger partial charge >= 0.3 is 5.97 Å². The van der Waals surface area contributed by atoms with Crippen molar-refractivity contribution in [3.63, 3.8) is 0 Å². The summed E-state index contributed by atoms with van der Waals surface area (Å²) in [5.74, 6) is -0.419. The van der Waals surface area contributed by atoms with Gasteiger partial charge in [0.15, 0.2) is 0 Å². The maximum Gasteiger partial charge on any atom is 0.323 e. The number of aliphatic carboxylic acids is 1. The highest BCUT2D eigenvalue weighted by atomic mass is 16.5. The molecule has 1 amide bonds. The molecule has 1 aliphatic rings. The molecule has 0 spiro atoms. The van der Waals surface area contributed by atoms with E-state index in [1.54, 1.807) is 12.1 Å². The highest BCUT2D eigenvalue weighted by Gasteiger charge is 2.34. The minimum Gasteiger partial charge on any atom is -0.489 e. The van der Waals surface area contributed by atoms with E-state index in [0.717, 1.165) is 24.2 Å². The van der Waals surface area contributed by atoms with Crippen molar-refractivity contribution >= 4 is 11.9 Å². The molecule has 0 unspecified atom stereocenters. The van der Waals surface area contributed by atoms with E-state index in [1.807, 2.05) is 42.5 Å². The van der Waals surface area contributed by atoms with Crippen molar-refractivity contribution in [3.8, 4) is 5.75 Å². The van der Waals surface area contributed by atoms with Gasteiger partial charge in [-0.05, 0) is 42.7 Å². The van der Waals surface area contributed by atoms with Crippen molar-refractivity contribution in [2.24, 2.45) is 0 Å². The summed E-state index contributed by atoms with van der Waals surface area (Å²) < 4.78 is 5.67. The van der Waals surface area contributed by atoms with Crippen LogP contribution in [0.3, 0.4) is 0 Å². The van der Waals surface area contributed by atoms with Gasteiger partial charge in [0.05, 0.1) is 0 Å². The van der Waals surface area contributed by atoms with Crippen molar-refractivity contribution in [1.29, 1.82) is 0 Å². The van der Waals surface area contributed by atoms with Crippen LogP contribution >= 0.6 is 0 Å². The van der Waals surface area contributed by atoms with Gasteiger partial charge in [0, 0.05) is 11.6 Å². The van der Waals surface area contributed by atoms with Crippen LogP contribution in [0.15, 0.2) is 54.6 Å². The Morgan fingerprint density at radius 3 is 2.29 bits per heavy atom. The van der Waals surface area contributed by atoms with E-state index in [-0.39, 0.29) is 18.5 Å². The van der Waals surface area contributed by atoms with E-state index >= 15 is 0 Å². The number of nitrogens with zero attached hydrogens (tertiary/aromatic N) is 1. The predicted octanol–water partition coefficient (Wildman–Crippen LogP) is 2.95. The molecule has 0 heterocycles. The molecule has 1 fully saturated rings. The van der Waals surface area contributed by atoms with Crippen LogP contribution in [0.25, 0.3) is 0 Å². The monoisotopic (exact) mass is 325 g/mol. The fraction of sp³-hybridized carbons (Fsp3) is 0.263. The van der Waals surface area contributed by atoms with Gasteiger partial charge in [-0.3, -0.25) is 9.59 Å². The Hall–Kier alpha value is -2.82. The number of rotatable bonds is 7. The Morgan fingerprint density at radius 2 is 1.71 bits per heavy atom. The highest BCUT2D eigenvalue weighted by molar-refractivity contribution is 5.96. The molecule has 1 aliphatic carbocycles. The Bertz CT molecular complexity index is 708. The van der Waals surface area contributed by atoms with Crippen molar-refractivity contribution in [2.45, 2.75) is 25.5 Å². The lowest BCUT2D eigenvalue weighted by Crippen LogP contribution is -2.37. The van der Waals surface area contributed by atoms with Gasteiger partial charge in [0.1, 0.15) is 18.9 Å². The lowest BCUT2D eigenvalue weighted by Gasteiger charge is -2.20. The minimum atomic E-state index is -0.983. The fourth-order valence-electron chi connectivity index (χ4n) is 2.49. The molecule has 3 rings (SSSR count). The number of hydrogen-bond donors (Lipinski definition) is 1. The minimum absolute atomic E-state index is 0.0645. The van der Waals surface area contributed by atoms with Gasteiger partial charge in [-0.25, -0.2) is 0 Å². The zero-order valence-corrected chi connectivity index (χ0v) is 13.2. The van der Waals surface area contributed by atoms with Gasteiger partial charge in [-0.2, -0.15) is 0 Å². The molecular weight excluding hydrogens is 306 g/mol. The largest absolute Gasteiger partial charge is 0.489 e. The fourth-order valence-corrected chi connectivity index (χ4v) is 2.49. The first-order valence-corrected chi connectivity index (χ1v) is 7.93. The molecule has 0 atom stereocenters. The van der Waals surface area contributed by atoms with Crippen molar-refractivity contribution in [1.82, 2.24) is 4.90 Å². The summed E-state index contributed by atoms with van der Waals surface area (Å²) in [6.45, 7) is 0.169. The summed E-state index contributed by atoms with van der Waals surface area (Å²) in [5.41, 5.74) is 1.46. The van der Waals surface area contributed by atoms with Crippen molar-refractivity contribution in [2.75, 3.05) is 6.54 Å². The molecule has 2 aromatic carbocycles. The average Bonchev–Trinajstić information content (AvgIpc) is 3.43. The lowest BCUT2D eigenvalue weighted by atomic mass is 10.1. The third-order valence-electron chi connectivity index (χ3n) is 3.90. The van der Waals surface area contributed by atoms with Gasteiger partial charge in [-0.1, -0.05) is 30.3 Å². The van der Waals surface area contributed by atoms with Gasteiger partial charge in [0.2, 0.25) is 0 Å². The Labute approximate surface area is 140 Å². The average molecular weight is 325 g/mol. The number of benzene rings is 2. The molecule has 24 heavy (non-hydrogen) atoms. The van der Waals surface area contributed by atoms with E-state index in [1.165, 1.54) is 4.90 Å². The number of para-hydroxylation sites is 1. The zero-order valence-electron chi connectivity index (χ0n) is 13.2. The second-order valence-electron chi connectivity index (χ2n) is 5.86. The molecule has 0 radical (unpaired) electrons. The summed E-state index contributed by atoms with van der Waals surface area (Å²) >= 11 is 0. The normalized spacial score (nSPS) is 13.3. The van der Waals surface area contributed by atoms with Crippen LogP contribution in [0.1, 0.15) is 28.8 Å². The van der Waals surface area contributed by atoms with Gasteiger partial charge < -0.3 is 14.7 Å². The number of carboxylic acids is 1. The first-order chi connectivity index (χ1) is 11.6. The number of carbonyl (C=O) groups excluding carboxylic acids is 1. The molecule has 124 valence electrons. The van der Waals surface area contributed by atoms with Gasteiger partial charge in [-0.15, -0.1) is 0 Å². The molecule has 0 aliphatic heterocycles. The second kappa shape index (κ2) is 7.17. The van der Waals surface area contributed by atoms with E-state index in [2.05, 4.69) is 0 Å². The number of carbonyl (C=O) groups is 2. The summed E-state index contributed by atoms with van der Waals surface area (Å²) in [4.78, 5) is 24.9. The zero-order chi connectivity index (χ0) is 16.9. The number of hydrogen-bond acceptors (Lipinski definition) is 3. The first-order valence-electron chi connectivity index (χ1n) is 7.93. The topological polar surface area (TPSA) is 66.8 Å². The summed E-state index contributed by atoms with van der Waals surface area (Å²) in [6, 6.07) is 16.7. The van der Waals surface area contributed by atoms with Gasteiger partial charge in [0.25, 0.3) is 5.91 Å². The van der Waals surface area contributed by atoms with Crippen LogP contribution in [0.2, 0.25) is 0 Å². The van der Waals surface area contributed by atoms with Crippen molar-refractivity contribution < 1.29 is 19.4 Å². The molecular formula is C19H19NO4. The van der Waals surface area contributed by atoms with Crippen LogP contribution in [-0.2, 0) is 11.4 Å². The third kappa shape index (κ3) is 4.13. The molecule has 5 heteroatoms. The first kappa shape index (κ1) is 16.1. The quantitative estimate of drug-likeness (QED) is 0.850. The summed E-state index contributed by atoms with van der Waals surface area (Å²) in [6.07, 6.45) is 1.75. The molecule has 1 N–H and O–H groups in total. The Kier molecular flexibility index (Phi) is 4.79. The molecule has 0 bridgehead atoms. The Balaban J connectivity index is 1.62. The standard InChI is InChI=1S/C19H19NO4/c21-18(22)12-20(16-10-11-16)19(23)15-8-6-14(7-9-15)13-24-17-4-2-1-3-5-17/h1-9,16H,10-13H2,(H,21,22). The smallest absolute Gasteiger partial charge is 0.323 e. The maximum absolute atomic E-state index is 12.5. The van der Waals surface area contributed by atoms with Crippen LogP contribution in [-0.4, -0.2) is 34.5 Å². The Morgan fingerprint density at radius 1 is 1.04 bits per heavy atom. The predicted molar refractivity (Wildman–Crippen MR) is 88.9 cm³/mol. The number of amides is 1. The SMILES string of the molecule is O=C(O)CN(C(=O)c1ccc(COc2ccccc2)cc1)C1CC1. The van der Waals surface area contributed by atoms with Crippen LogP contribution < -0.4 is 4.74 Å². The lowest BCUT2D eigenvalue weighted by molar-refractivity contribution is -0.137. The van der Waals surface area contributed by atoms with Crippen LogP contribution in [0.4, 0.5) is 0 Å². The van der Waals surface area contributed by atoms with E-state index in [9.17, 15) is 9.59 Å². The summed E-state index contributed by atoms with van der Waals surface area (Å²) in [5, 5.41) is 8.97. The van der Waals surface area contributed by atoms with E-state index < -0.39 is 5.97 Å². The van der Waals surface area contributed by atoms with E-state index in [4.69, 9.17) is 9.84 Å². The van der Waals surface area contributed by atoms with Crippen molar-refractivity contribution in [3.05, 3.63) is 65.7 Å². The molecule has 0 aromatic heterocycles. The maximum atomic E-state index is 12.5. The van der Waals surface area contributed by atoms with Crippen LogP contribution in [0.5, 0.6) is 5.75 Å². The van der Waals surface area contributed by atoms with E-state index in [0.29, 0.717) is 12.2 Å². The molecule has 5 nitrogen and oxygen atoms in total. The third-order valence-corrected chi connectivity index (χ3v) is 3.90. The number of ether oxygens (including phenoxy) is 1.